The molecule has 1 aromatic rings. The van der Waals surface area contributed by atoms with Gasteiger partial charge in [-0.25, -0.2) is 0 Å². The lowest BCUT2D eigenvalue weighted by atomic mass is 9.96. The van der Waals surface area contributed by atoms with E-state index in [-0.39, 0.29) is 6.10 Å². The van der Waals surface area contributed by atoms with Crippen LogP contribution < -0.4 is 5.32 Å². The zero-order valence-corrected chi connectivity index (χ0v) is 12.6. The van der Waals surface area contributed by atoms with Gasteiger partial charge in [-0.15, -0.1) is 0 Å². The smallest absolute Gasteiger partial charge is 0.0975 e. The summed E-state index contributed by atoms with van der Waals surface area (Å²) in [4.78, 5) is 0. The zero-order chi connectivity index (χ0) is 13.8. The average molecular weight is 261 g/mol. The van der Waals surface area contributed by atoms with Gasteiger partial charge in [-0.1, -0.05) is 45.0 Å². The third-order valence-electron chi connectivity index (χ3n) is 3.90. The Bertz CT molecular complexity index is 385. The molecule has 0 spiro atoms. The number of hydrogen-bond donors (Lipinski definition) is 1. The maximum Gasteiger partial charge on any atom is 0.0975 e. The molecule has 0 bridgehead atoms. The topological polar surface area (TPSA) is 21.3 Å². The molecule has 1 aromatic carbocycles. The molecule has 1 aliphatic heterocycles. The van der Waals surface area contributed by atoms with E-state index in [9.17, 15) is 0 Å². The van der Waals surface area contributed by atoms with Crippen LogP contribution >= 0.6 is 0 Å². The van der Waals surface area contributed by atoms with E-state index in [2.05, 4.69) is 57.3 Å². The number of aryl methyl sites for hydroxylation is 1. The Morgan fingerprint density at radius 2 is 1.95 bits per heavy atom. The van der Waals surface area contributed by atoms with Gasteiger partial charge in [0.25, 0.3) is 0 Å². The summed E-state index contributed by atoms with van der Waals surface area (Å²) in [7, 11) is 0. The summed E-state index contributed by atoms with van der Waals surface area (Å²) in [6.07, 6.45) is 2.47. The van der Waals surface area contributed by atoms with Crippen LogP contribution in [0.1, 0.15) is 51.3 Å². The Hall–Kier alpha value is -0.860. The maximum atomic E-state index is 6.10. The van der Waals surface area contributed by atoms with Crippen molar-refractivity contribution >= 4 is 0 Å². The minimum atomic E-state index is 0.189. The van der Waals surface area contributed by atoms with Crippen LogP contribution in [0.15, 0.2) is 24.3 Å². The van der Waals surface area contributed by atoms with Gasteiger partial charge in [-0.05, 0) is 36.8 Å². The molecule has 1 N–H and O–H groups in total. The molecule has 2 nitrogen and oxygen atoms in total. The van der Waals surface area contributed by atoms with Crippen molar-refractivity contribution in [3.05, 3.63) is 35.4 Å². The highest BCUT2D eigenvalue weighted by Gasteiger charge is 2.28. The standard InChI is InChI=1S/C17H27NO/c1-5-14-6-8-15(9-7-14)17-13(4)18-16(11-19-17)10-12(2)3/h6-9,12-13,16-18H,5,10-11H2,1-4H3. The van der Waals surface area contributed by atoms with Crippen LogP contribution in [0.5, 0.6) is 0 Å². The van der Waals surface area contributed by atoms with Gasteiger partial charge in [0, 0.05) is 12.1 Å². The fraction of sp³-hybridized carbons (Fsp3) is 0.647. The van der Waals surface area contributed by atoms with Crippen LogP contribution in [0.3, 0.4) is 0 Å². The quantitative estimate of drug-likeness (QED) is 0.892. The molecule has 0 aliphatic carbocycles. The molecule has 19 heavy (non-hydrogen) atoms. The van der Waals surface area contributed by atoms with Crippen molar-refractivity contribution in [2.75, 3.05) is 6.61 Å². The van der Waals surface area contributed by atoms with E-state index in [1.54, 1.807) is 0 Å². The van der Waals surface area contributed by atoms with Gasteiger partial charge in [0.2, 0.25) is 0 Å². The van der Waals surface area contributed by atoms with E-state index in [0.717, 1.165) is 13.0 Å². The Balaban J connectivity index is 1.98. The summed E-state index contributed by atoms with van der Waals surface area (Å²) in [5.41, 5.74) is 2.68. The van der Waals surface area contributed by atoms with Crippen molar-refractivity contribution in [3.63, 3.8) is 0 Å². The highest BCUT2D eigenvalue weighted by atomic mass is 16.5. The first-order valence-electron chi connectivity index (χ1n) is 7.56. The van der Waals surface area contributed by atoms with Crippen LogP contribution in [0.25, 0.3) is 0 Å². The normalized spacial score (nSPS) is 27.7. The first-order valence-corrected chi connectivity index (χ1v) is 7.56. The van der Waals surface area contributed by atoms with Crippen LogP contribution in [0.4, 0.5) is 0 Å². The molecule has 0 radical (unpaired) electrons. The predicted molar refractivity (Wildman–Crippen MR) is 80.4 cm³/mol. The first kappa shape index (κ1) is 14.5. The van der Waals surface area contributed by atoms with E-state index in [0.29, 0.717) is 18.0 Å². The molecule has 3 atom stereocenters. The van der Waals surface area contributed by atoms with Gasteiger partial charge in [-0.3, -0.25) is 0 Å². The fourth-order valence-corrected chi connectivity index (χ4v) is 2.90. The molecule has 2 heteroatoms. The monoisotopic (exact) mass is 261 g/mol. The second-order valence-corrected chi connectivity index (χ2v) is 6.13. The predicted octanol–water partition coefficient (Wildman–Crippen LogP) is 3.71. The lowest BCUT2D eigenvalue weighted by Crippen LogP contribution is -2.49. The molecule has 1 aliphatic rings. The van der Waals surface area contributed by atoms with Crippen LogP contribution in [-0.2, 0) is 11.2 Å². The Kier molecular flexibility index (Phi) is 5.00. The first-order chi connectivity index (χ1) is 9.10. The molecular weight excluding hydrogens is 234 g/mol. The van der Waals surface area contributed by atoms with Crippen LogP contribution in [0, 0.1) is 5.92 Å². The van der Waals surface area contributed by atoms with E-state index < -0.39 is 0 Å². The van der Waals surface area contributed by atoms with Gasteiger partial charge < -0.3 is 10.1 Å². The number of ether oxygens (including phenoxy) is 1. The van der Waals surface area contributed by atoms with E-state index in [1.807, 2.05) is 0 Å². The summed E-state index contributed by atoms with van der Waals surface area (Å²) in [5, 5.41) is 3.70. The van der Waals surface area contributed by atoms with Crippen molar-refractivity contribution in [1.82, 2.24) is 5.32 Å². The second-order valence-electron chi connectivity index (χ2n) is 6.13. The average Bonchev–Trinajstić information content (AvgIpc) is 2.38. The third-order valence-corrected chi connectivity index (χ3v) is 3.90. The van der Waals surface area contributed by atoms with Crippen molar-refractivity contribution < 1.29 is 4.74 Å². The third kappa shape index (κ3) is 3.80. The second kappa shape index (κ2) is 6.53. The molecule has 1 heterocycles. The molecule has 1 saturated heterocycles. The van der Waals surface area contributed by atoms with Gasteiger partial charge in [0.15, 0.2) is 0 Å². The molecular formula is C17H27NO. The minimum absolute atomic E-state index is 0.189. The van der Waals surface area contributed by atoms with Crippen LogP contribution in [0.2, 0.25) is 0 Å². The number of hydrogen-bond acceptors (Lipinski definition) is 2. The number of rotatable bonds is 4. The van der Waals surface area contributed by atoms with Crippen LogP contribution in [-0.4, -0.2) is 18.7 Å². The van der Waals surface area contributed by atoms with Gasteiger partial charge in [0.05, 0.1) is 12.7 Å². The largest absolute Gasteiger partial charge is 0.370 e. The zero-order valence-electron chi connectivity index (χ0n) is 12.6. The van der Waals surface area contributed by atoms with Crippen molar-refractivity contribution in [1.29, 1.82) is 0 Å². The SMILES string of the molecule is CCc1ccc(C2OCC(CC(C)C)NC2C)cc1. The van der Waals surface area contributed by atoms with Gasteiger partial charge in [-0.2, -0.15) is 0 Å². The van der Waals surface area contributed by atoms with Crippen molar-refractivity contribution in [2.45, 2.75) is 58.7 Å². The summed E-state index contributed by atoms with van der Waals surface area (Å²) in [6, 6.07) is 9.73. The lowest BCUT2D eigenvalue weighted by molar-refractivity contribution is -0.0284. The van der Waals surface area contributed by atoms with Crippen molar-refractivity contribution in [3.8, 4) is 0 Å². The van der Waals surface area contributed by atoms with Gasteiger partial charge in [0.1, 0.15) is 0 Å². The van der Waals surface area contributed by atoms with Crippen molar-refractivity contribution in [2.24, 2.45) is 5.92 Å². The lowest BCUT2D eigenvalue weighted by Gasteiger charge is -2.36. The molecule has 3 unspecified atom stereocenters. The van der Waals surface area contributed by atoms with E-state index in [4.69, 9.17) is 4.74 Å². The summed E-state index contributed by atoms with van der Waals surface area (Å²) < 4.78 is 6.10. The number of benzene rings is 1. The molecule has 1 fully saturated rings. The molecule has 0 amide bonds. The maximum absolute atomic E-state index is 6.10. The summed E-state index contributed by atoms with van der Waals surface area (Å²) in [5.74, 6) is 0.716. The van der Waals surface area contributed by atoms with E-state index in [1.165, 1.54) is 17.5 Å². The van der Waals surface area contributed by atoms with E-state index >= 15 is 0 Å². The molecule has 106 valence electrons. The number of nitrogens with one attached hydrogen (secondary N) is 1. The number of morpholine rings is 1. The summed E-state index contributed by atoms with van der Waals surface area (Å²) >= 11 is 0. The molecule has 0 aromatic heterocycles. The molecule has 2 rings (SSSR count). The Labute approximate surface area is 117 Å². The highest BCUT2D eigenvalue weighted by molar-refractivity contribution is 5.25. The fourth-order valence-electron chi connectivity index (χ4n) is 2.90. The minimum Gasteiger partial charge on any atom is -0.370 e. The Morgan fingerprint density at radius 1 is 1.26 bits per heavy atom. The highest BCUT2D eigenvalue weighted by Crippen LogP contribution is 2.26. The Morgan fingerprint density at radius 3 is 2.47 bits per heavy atom. The van der Waals surface area contributed by atoms with Gasteiger partial charge >= 0.3 is 0 Å². The molecule has 0 saturated carbocycles. The summed E-state index contributed by atoms with van der Waals surface area (Å²) in [6.45, 7) is 9.77.